The quantitative estimate of drug-likeness (QED) is 0.154. The van der Waals surface area contributed by atoms with Crippen molar-refractivity contribution < 1.29 is 34.8 Å². The third kappa shape index (κ3) is 4.98. The minimum atomic E-state index is -1.20. The first-order valence-electron chi connectivity index (χ1n) is 17.5. The molecule has 1 aromatic rings. The largest absolute Gasteiger partial charge is 0.508 e. The summed E-state index contributed by atoms with van der Waals surface area (Å²) in [5, 5.41) is 41.8. The maximum Gasteiger partial charge on any atom is 0.331 e. The topological polar surface area (TPSA) is 124 Å². The van der Waals surface area contributed by atoms with Crippen molar-refractivity contribution in [1.82, 2.24) is 0 Å². The smallest absolute Gasteiger partial charge is 0.331 e. The molecule has 7 heteroatoms. The van der Waals surface area contributed by atoms with Gasteiger partial charge in [-0.1, -0.05) is 51.5 Å². The molecule has 7 nitrogen and oxygen atoms in total. The normalized spacial score (nSPS) is 45.3. The van der Waals surface area contributed by atoms with Crippen molar-refractivity contribution in [3.63, 3.8) is 0 Å². The Morgan fingerprint density at radius 3 is 2.26 bits per heavy atom. The molecule has 4 N–H and O–H groups in total. The van der Waals surface area contributed by atoms with Gasteiger partial charge in [-0.25, -0.2) is 4.79 Å². The molecule has 0 radical (unpaired) electrons. The van der Waals surface area contributed by atoms with E-state index in [1.54, 1.807) is 35.9 Å². The van der Waals surface area contributed by atoms with Crippen molar-refractivity contribution in [2.75, 3.05) is 6.61 Å². The van der Waals surface area contributed by atoms with E-state index >= 15 is 0 Å². The second-order valence-corrected chi connectivity index (χ2v) is 16.9. The van der Waals surface area contributed by atoms with Gasteiger partial charge in [-0.15, -0.1) is 0 Å². The van der Waals surface area contributed by atoms with Crippen LogP contribution in [-0.2, 0) is 14.3 Å². The highest BCUT2D eigenvalue weighted by atomic mass is 16.5. The summed E-state index contributed by atoms with van der Waals surface area (Å²) in [6.45, 7) is 11.1. The van der Waals surface area contributed by atoms with Crippen molar-refractivity contribution in [2.24, 2.45) is 50.7 Å². The van der Waals surface area contributed by atoms with Gasteiger partial charge in [0, 0.05) is 11.5 Å². The number of aromatic hydroxyl groups is 1. The Balaban J connectivity index is 1.26. The van der Waals surface area contributed by atoms with Gasteiger partial charge in [-0.3, -0.25) is 4.79 Å². The molecule has 5 aliphatic carbocycles. The SMILES string of the molecule is CC12CCC3C(C)(CCC(OC(=O)C=Cc4ccc(O)cc4)C3(C)C(=O)O)C1CCC1C(=CCC3C(C)(CO)C(O)CCC13C)C2. The number of phenols is 1. The van der Waals surface area contributed by atoms with E-state index in [0.717, 1.165) is 63.4 Å². The highest BCUT2D eigenvalue weighted by Gasteiger charge is 2.67. The molecule has 0 spiro atoms. The third-order valence-electron chi connectivity index (χ3n) is 14.7. The number of allylic oxidation sites excluding steroid dienone is 2. The molecule has 0 aliphatic heterocycles. The Morgan fingerprint density at radius 1 is 0.891 bits per heavy atom. The number of rotatable bonds is 5. The summed E-state index contributed by atoms with van der Waals surface area (Å²) < 4.78 is 5.98. The van der Waals surface area contributed by atoms with Gasteiger partial charge in [0.1, 0.15) is 17.3 Å². The van der Waals surface area contributed by atoms with Crippen LogP contribution in [0.3, 0.4) is 0 Å². The highest BCUT2D eigenvalue weighted by molar-refractivity contribution is 5.87. The number of carbonyl (C=O) groups excluding carboxylic acids is 1. The summed E-state index contributed by atoms with van der Waals surface area (Å²) in [6.07, 6.45) is 13.0. The minimum Gasteiger partial charge on any atom is -0.508 e. The Hall–Kier alpha value is -2.64. The predicted octanol–water partition coefficient (Wildman–Crippen LogP) is 7.15. The van der Waals surface area contributed by atoms with Gasteiger partial charge >= 0.3 is 11.9 Å². The fourth-order valence-corrected chi connectivity index (χ4v) is 12.1. The van der Waals surface area contributed by atoms with Gasteiger partial charge in [0.25, 0.3) is 0 Å². The third-order valence-corrected chi connectivity index (χ3v) is 14.7. The number of carboxylic acids is 1. The van der Waals surface area contributed by atoms with Crippen LogP contribution in [0.1, 0.15) is 104 Å². The molecule has 252 valence electrons. The second-order valence-electron chi connectivity index (χ2n) is 16.9. The van der Waals surface area contributed by atoms with Crippen molar-refractivity contribution in [1.29, 1.82) is 0 Å². The van der Waals surface area contributed by atoms with Gasteiger partial charge in [0.2, 0.25) is 0 Å². The molecule has 6 rings (SSSR count). The summed E-state index contributed by atoms with van der Waals surface area (Å²) in [5.41, 5.74) is 0.447. The number of esters is 1. The fourth-order valence-electron chi connectivity index (χ4n) is 12.1. The molecule has 0 bridgehead atoms. The van der Waals surface area contributed by atoms with Gasteiger partial charge in [0.05, 0.1) is 12.7 Å². The molecule has 11 atom stereocenters. The first-order chi connectivity index (χ1) is 21.6. The molecule has 0 heterocycles. The van der Waals surface area contributed by atoms with Crippen LogP contribution in [0.15, 0.2) is 42.0 Å². The summed E-state index contributed by atoms with van der Waals surface area (Å²) in [6, 6.07) is 6.50. The lowest BCUT2D eigenvalue weighted by atomic mass is 9.41. The van der Waals surface area contributed by atoms with Crippen LogP contribution < -0.4 is 0 Å². The van der Waals surface area contributed by atoms with E-state index in [1.165, 1.54) is 6.08 Å². The first kappa shape index (κ1) is 33.3. The highest BCUT2D eigenvalue weighted by Crippen LogP contribution is 2.70. The van der Waals surface area contributed by atoms with Crippen LogP contribution in [0.4, 0.5) is 0 Å². The molecule has 4 saturated carbocycles. The number of hydrogen-bond donors (Lipinski definition) is 4. The molecule has 46 heavy (non-hydrogen) atoms. The van der Waals surface area contributed by atoms with Gasteiger partial charge in [-0.05, 0) is 135 Å². The number of ether oxygens (including phenoxy) is 1. The molecule has 5 aliphatic rings. The van der Waals surface area contributed by atoms with Crippen LogP contribution in [0.25, 0.3) is 6.08 Å². The number of carboxylic acid groups (broad SMARTS) is 1. The number of aliphatic hydroxyl groups excluding tert-OH is 2. The standard InChI is InChI=1S/C39H54O7/c1-35-19-16-30-37(3,21-18-32(39(30,5)34(44)45)46-33(43)15-8-24-6-10-26(41)11-7-24)28(35)14-12-27-25(22-35)9-13-29-36(27,2)20-17-31(42)38(29,4)23-40/h6-11,15,27-32,40-42H,12-14,16-23H2,1-5H3,(H,44,45). The zero-order chi connectivity index (χ0) is 33.3. The lowest BCUT2D eigenvalue weighted by Gasteiger charge is -2.63. The van der Waals surface area contributed by atoms with Crippen molar-refractivity contribution in [3.05, 3.63) is 47.6 Å². The molecule has 11 unspecified atom stereocenters. The monoisotopic (exact) mass is 634 g/mol. The number of carbonyl (C=O) groups is 2. The van der Waals surface area contributed by atoms with Crippen LogP contribution in [0.5, 0.6) is 5.75 Å². The Kier molecular flexibility index (Phi) is 8.32. The van der Waals surface area contributed by atoms with Crippen LogP contribution in [0.2, 0.25) is 0 Å². The van der Waals surface area contributed by atoms with E-state index in [0.29, 0.717) is 18.3 Å². The van der Waals surface area contributed by atoms with E-state index in [9.17, 15) is 30.0 Å². The van der Waals surface area contributed by atoms with Crippen molar-refractivity contribution in [2.45, 2.75) is 111 Å². The lowest BCUT2D eigenvalue weighted by molar-refractivity contribution is -0.207. The number of benzene rings is 1. The Labute approximate surface area is 274 Å². The summed E-state index contributed by atoms with van der Waals surface area (Å²) >= 11 is 0. The van der Waals surface area contributed by atoms with E-state index in [2.05, 4.69) is 33.8 Å². The predicted molar refractivity (Wildman–Crippen MR) is 176 cm³/mol. The van der Waals surface area contributed by atoms with Gasteiger partial charge in [0.15, 0.2) is 0 Å². The number of phenolic OH excluding ortho intramolecular Hbond substituents is 1. The van der Waals surface area contributed by atoms with Crippen LogP contribution >= 0.6 is 0 Å². The molecule has 4 fully saturated rings. The molecule has 0 amide bonds. The summed E-state index contributed by atoms with van der Waals surface area (Å²) in [7, 11) is 0. The maximum atomic E-state index is 13.2. The van der Waals surface area contributed by atoms with E-state index in [1.807, 2.05) is 6.92 Å². The second kappa shape index (κ2) is 11.5. The van der Waals surface area contributed by atoms with Crippen LogP contribution in [-0.4, -0.2) is 51.2 Å². The van der Waals surface area contributed by atoms with E-state index in [4.69, 9.17) is 4.74 Å². The Bertz CT molecular complexity index is 1420. The molecular formula is C39H54O7. The first-order valence-corrected chi connectivity index (χ1v) is 17.5. The Morgan fingerprint density at radius 2 is 1.59 bits per heavy atom. The number of fused-ring (bicyclic) bond motifs is 6. The number of aliphatic hydroxyl groups is 2. The molecular weight excluding hydrogens is 580 g/mol. The fraction of sp³-hybridized carbons (Fsp3) is 0.692. The average Bonchev–Trinajstić information content (AvgIpc) is 3.17. The lowest BCUT2D eigenvalue weighted by Crippen LogP contribution is -2.62. The van der Waals surface area contributed by atoms with E-state index < -0.39 is 35.0 Å². The zero-order valence-electron chi connectivity index (χ0n) is 28.3. The van der Waals surface area contributed by atoms with E-state index in [-0.39, 0.29) is 40.4 Å². The van der Waals surface area contributed by atoms with Crippen molar-refractivity contribution >= 4 is 18.0 Å². The molecule has 1 aromatic carbocycles. The summed E-state index contributed by atoms with van der Waals surface area (Å²) in [4.78, 5) is 26.2. The summed E-state index contributed by atoms with van der Waals surface area (Å²) in [5.74, 6) is -0.447. The molecule has 0 aromatic heterocycles. The van der Waals surface area contributed by atoms with Gasteiger partial charge in [-0.2, -0.15) is 0 Å². The number of aliphatic carboxylic acids is 1. The maximum absolute atomic E-state index is 13.2. The van der Waals surface area contributed by atoms with Crippen LogP contribution in [0, 0.1) is 50.7 Å². The molecule has 0 saturated heterocycles. The number of hydrogen-bond acceptors (Lipinski definition) is 6. The minimum absolute atomic E-state index is 0.00345. The van der Waals surface area contributed by atoms with Crippen molar-refractivity contribution in [3.8, 4) is 5.75 Å². The zero-order valence-corrected chi connectivity index (χ0v) is 28.3. The average molecular weight is 635 g/mol. The van der Waals surface area contributed by atoms with Gasteiger partial charge < -0.3 is 25.2 Å².